The van der Waals surface area contributed by atoms with Crippen LogP contribution in [0.3, 0.4) is 0 Å². The molecule has 60 valence electrons. The third-order valence-corrected chi connectivity index (χ3v) is 1.64. The zero-order valence-electron chi connectivity index (χ0n) is 6.30. The molecule has 0 aromatic heterocycles. The van der Waals surface area contributed by atoms with E-state index < -0.39 is 0 Å². The summed E-state index contributed by atoms with van der Waals surface area (Å²) in [7, 11) is 0. The van der Waals surface area contributed by atoms with Crippen LogP contribution in [-0.4, -0.2) is 17.7 Å². The molecule has 1 aliphatic carbocycles. The molecule has 0 unspecified atom stereocenters. The molecule has 0 radical (unpaired) electrons. The van der Waals surface area contributed by atoms with Gasteiger partial charge in [0.1, 0.15) is 5.78 Å². The first-order valence-corrected chi connectivity index (χ1v) is 3.64. The molecule has 0 bridgehead atoms. The van der Waals surface area contributed by atoms with Crippen LogP contribution in [0.15, 0.2) is 12.7 Å². The van der Waals surface area contributed by atoms with Gasteiger partial charge >= 0.3 is 0 Å². The van der Waals surface area contributed by atoms with Crippen LogP contribution >= 0.6 is 0 Å². The molecule has 1 amide bonds. The summed E-state index contributed by atoms with van der Waals surface area (Å²) < 4.78 is 0. The van der Waals surface area contributed by atoms with Crippen LogP contribution in [0.2, 0.25) is 0 Å². The number of carbonyl (C=O) groups is 2. The second-order valence-electron chi connectivity index (χ2n) is 2.70. The van der Waals surface area contributed by atoms with E-state index in [0.717, 1.165) is 0 Å². The van der Waals surface area contributed by atoms with Gasteiger partial charge in [0.2, 0.25) is 5.91 Å². The Kier molecular flexibility index (Phi) is 2.41. The van der Waals surface area contributed by atoms with Gasteiger partial charge in [-0.05, 0) is 0 Å². The summed E-state index contributed by atoms with van der Waals surface area (Å²) in [5.41, 5.74) is 0. The molecule has 0 heterocycles. The fourth-order valence-corrected chi connectivity index (χ4v) is 1.01. The average Bonchev–Trinajstić information content (AvgIpc) is 1.85. The van der Waals surface area contributed by atoms with Gasteiger partial charge in [0, 0.05) is 25.3 Å². The summed E-state index contributed by atoms with van der Waals surface area (Å²) in [6, 6.07) is 0.0925. The first-order chi connectivity index (χ1) is 5.22. The number of ketones is 1. The highest BCUT2D eigenvalue weighted by molar-refractivity contribution is 5.88. The largest absolute Gasteiger partial charge is 0.352 e. The van der Waals surface area contributed by atoms with E-state index in [4.69, 9.17) is 0 Å². The zero-order valence-corrected chi connectivity index (χ0v) is 6.30. The fourth-order valence-electron chi connectivity index (χ4n) is 1.01. The second-order valence-corrected chi connectivity index (χ2v) is 2.70. The summed E-state index contributed by atoms with van der Waals surface area (Å²) in [6.07, 6.45) is 2.90. The molecule has 3 heteroatoms. The first kappa shape index (κ1) is 7.98. The lowest BCUT2D eigenvalue weighted by molar-refractivity contribution is -0.127. The predicted molar refractivity (Wildman–Crippen MR) is 41.0 cm³/mol. The summed E-state index contributed by atoms with van der Waals surface area (Å²) in [6.45, 7) is 3.44. The van der Waals surface area contributed by atoms with E-state index in [1.165, 1.54) is 0 Å². The van der Waals surface area contributed by atoms with E-state index in [1.54, 1.807) is 6.08 Å². The molecule has 1 rings (SSSR count). The van der Waals surface area contributed by atoms with Crippen LogP contribution in [0, 0.1) is 0 Å². The molecular formula is C8H11NO2. The molecule has 3 nitrogen and oxygen atoms in total. The van der Waals surface area contributed by atoms with E-state index in [-0.39, 0.29) is 17.7 Å². The molecule has 0 aromatic rings. The van der Waals surface area contributed by atoms with Crippen molar-refractivity contribution in [2.45, 2.75) is 25.3 Å². The van der Waals surface area contributed by atoms with Crippen LogP contribution in [0.1, 0.15) is 19.3 Å². The Hall–Kier alpha value is -1.12. The van der Waals surface area contributed by atoms with Crippen molar-refractivity contribution in [3.8, 4) is 0 Å². The highest BCUT2D eigenvalue weighted by Crippen LogP contribution is 2.13. The fraction of sp³-hybridized carbons (Fsp3) is 0.500. The minimum Gasteiger partial charge on any atom is -0.352 e. The van der Waals surface area contributed by atoms with E-state index in [2.05, 4.69) is 11.9 Å². The molecule has 11 heavy (non-hydrogen) atoms. The van der Waals surface area contributed by atoms with Crippen LogP contribution in [-0.2, 0) is 9.59 Å². The number of rotatable bonds is 3. The second kappa shape index (κ2) is 3.32. The minimum atomic E-state index is -0.0440. The molecule has 0 saturated heterocycles. The van der Waals surface area contributed by atoms with Gasteiger partial charge in [-0.25, -0.2) is 0 Å². The molecule has 0 spiro atoms. The summed E-state index contributed by atoms with van der Waals surface area (Å²) in [4.78, 5) is 21.3. The number of carbonyl (C=O) groups excluding carboxylic acids is 2. The van der Waals surface area contributed by atoms with Crippen molar-refractivity contribution < 1.29 is 9.59 Å². The Balaban J connectivity index is 2.16. The smallest absolute Gasteiger partial charge is 0.224 e. The Morgan fingerprint density at radius 3 is 2.82 bits per heavy atom. The molecule has 1 N–H and O–H groups in total. The van der Waals surface area contributed by atoms with Gasteiger partial charge in [-0.15, -0.1) is 6.58 Å². The molecule has 1 saturated carbocycles. The molecular weight excluding hydrogens is 142 g/mol. The zero-order chi connectivity index (χ0) is 8.27. The van der Waals surface area contributed by atoms with Crippen molar-refractivity contribution in [3.63, 3.8) is 0 Å². The maximum absolute atomic E-state index is 10.9. The minimum absolute atomic E-state index is 0.0440. The van der Waals surface area contributed by atoms with E-state index in [0.29, 0.717) is 19.3 Å². The van der Waals surface area contributed by atoms with Crippen molar-refractivity contribution in [1.82, 2.24) is 5.32 Å². The predicted octanol–water partition coefficient (Wildman–Crippen LogP) is 0.410. The van der Waals surface area contributed by atoms with Crippen molar-refractivity contribution in [2.24, 2.45) is 0 Å². The van der Waals surface area contributed by atoms with Gasteiger partial charge < -0.3 is 5.32 Å². The SMILES string of the molecule is C=CCC(=O)NC1CC(=O)C1. The van der Waals surface area contributed by atoms with Gasteiger partial charge in [-0.1, -0.05) is 6.08 Å². The maximum Gasteiger partial charge on any atom is 0.224 e. The van der Waals surface area contributed by atoms with Gasteiger partial charge in [0.05, 0.1) is 0 Å². The third kappa shape index (κ3) is 2.18. The lowest BCUT2D eigenvalue weighted by Gasteiger charge is -2.24. The van der Waals surface area contributed by atoms with Gasteiger partial charge in [0.25, 0.3) is 0 Å². The van der Waals surface area contributed by atoms with Crippen LogP contribution in [0.5, 0.6) is 0 Å². The highest BCUT2D eigenvalue weighted by Gasteiger charge is 2.27. The Labute approximate surface area is 65.5 Å². The number of Topliss-reactive ketones (excluding diaryl/α,β-unsaturated/α-hetero) is 1. The average molecular weight is 153 g/mol. The van der Waals surface area contributed by atoms with Gasteiger partial charge in [-0.2, -0.15) is 0 Å². The quantitative estimate of drug-likeness (QED) is 0.597. The van der Waals surface area contributed by atoms with Gasteiger partial charge in [0.15, 0.2) is 0 Å². The first-order valence-electron chi connectivity index (χ1n) is 3.64. The molecule has 1 fully saturated rings. The summed E-state index contributed by atoms with van der Waals surface area (Å²) in [5.74, 6) is 0.186. The van der Waals surface area contributed by atoms with Crippen molar-refractivity contribution in [3.05, 3.63) is 12.7 Å². The third-order valence-electron chi connectivity index (χ3n) is 1.64. The van der Waals surface area contributed by atoms with E-state index in [1.807, 2.05) is 0 Å². The normalized spacial score (nSPS) is 17.3. The van der Waals surface area contributed by atoms with E-state index in [9.17, 15) is 9.59 Å². The highest BCUT2D eigenvalue weighted by atomic mass is 16.2. The van der Waals surface area contributed by atoms with Crippen molar-refractivity contribution in [2.75, 3.05) is 0 Å². The molecule has 1 aliphatic rings. The lowest BCUT2D eigenvalue weighted by Crippen LogP contribution is -2.44. The lowest BCUT2D eigenvalue weighted by atomic mass is 9.91. The standard InChI is InChI=1S/C8H11NO2/c1-2-3-8(11)9-6-4-7(10)5-6/h2,6H,1,3-5H2,(H,9,11). The van der Waals surface area contributed by atoms with Gasteiger partial charge in [-0.3, -0.25) is 9.59 Å². The maximum atomic E-state index is 10.9. The number of hydrogen-bond donors (Lipinski definition) is 1. The number of nitrogens with one attached hydrogen (secondary N) is 1. The monoisotopic (exact) mass is 153 g/mol. The molecule has 0 aliphatic heterocycles. The number of hydrogen-bond acceptors (Lipinski definition) is 2. The number of amides is 1. The van der Waals surface area contributed by atoms with Crippen LogP contribution < -0.4 is 5.32 Å². The van der Waals surface area contributed by atoms with Crippen LogP contribution in [0.25, 0.3) is 0 Å². The molecule has 0 atom stereocenters. The summed E-state index contributed by atoms with van der Waals surface area (Å²) in [5, 5.41) is 2.72. The van der Waals surface area contributed by atoms with Crippen LogP contribution in [0.4, 0.5) is 0 Å². The summed E-state index contributed by atoms with van der Waals surface area (Å²) >= 11 is 0. The Morgan fingerprint density at radius 2 is 2.36 bits per heavy atom. The van der Waals surface area contributed by atoms with Crippen molar-refractivity contribution >= 4 is 11.7 Å². The Bertz CT molecular complexity index is 190. The molecule has 0 aromatic carbocycles. The Morgan fingerprint density at radius 1 is 1.73 bits per heavy atom. The topological polar surface area (TPSA) is 46.2 Å². The van der Waals surface area contributed by atoms with Crippen molar-refractivity contribution in [1.29, 1.82) is 0 Å². The van der Waals surface area contributed by atoms with E-state index >= 15 is 0 Å².